The Morgan fingerprint density at radius 1 is 1.43 bits per heavy atom. The Balaban J connectivity index is 4.49. The van der Waals surface area contributed by atoms with Gasteiger partial charge < -0.3 is 14.9 Å². The average Bonchev–Trinajstić information content (AvgIpc) is 2.03. The third-order valence-electron chi connectivity index (χ3n) is 2.74. The van der Waals surface area contributed by atoms with Gasteiger partial charge >= 0.3 is 5.97 Å². The van der Waals surface area contributed by atoms with E-state index in [1.165, 1.54) is 6.92 Å². The Morgan fingerprint density at radius 3 is 2.14 bits per heavy atom. The van der Waals surface area contributed by atoms with Crippen LogP contribution >= 0.6 is 0 Å². The first kappa shape index (κ1) is 13.4. The number of hydrogen-bond acceptors (Lipinski definition) is 3. The summed E-state index contributed by atoms with van der Waals surface area (Å²) in [6.45, 7) is 6.74. The zero-order chi connectivity index (χ0) is 11.6. The largest absolute Gasteiger partial charge is 0.479 e. The molecule has 0 spiro atoms. The van der Waals surface area contributed by atoms with Crippen LogP contribution in [0, 0.1) is 5.92 Å². The van der Waals surface area contributed by atoms with Crippen LogP contribution in [-0.4, -0.2) is 34.5 Å². The first-order chi connectivity index (χ1) is 6.13. The van der Waals surface area contributed by atoms with Crippen molar-refractivity contribution in [3.8, 4) is 0 Å². The van der Waals surface area contributed by atoms with Gasteiger partial charge in [-0.15, -0.1) is 0 Å². The highest BCUT2D eigenvalue weighted by Gasteiger charge is 2.39. The maximum atomic E-state index is 10.7. The fourth-order valence-corrected chi connectivity index (χ4v) is 1.23. The number of methoxy groups -OCH3 is 1. The van der Waals surface area contributed by atoms with Crippen molar-refractivity contribution in [2.24, 2.45) is 5.92 Å². The molecule has 0 aromatic rings. The molecule has 0 aliphatic heterocycles. The monoisotopic (exact) mass is 204 g/mol. The van der Waals surface area contributed by atoms with Crippen LogP contribution in [0.25, 0.3) is 0 Å². The van der Waals surface area contributed by atoms with Gasteiger partial charge in [0.2, 0.25) is 0 Å². The van der Waals surface area contributed by atoms with E-state index >= 15 is 0 Å². The van der Waals surface area contributed by atoms with Crippen molar-refractivity contribution in [1.29, 1.82) is 0 Å². The van der Waals surface area contributed by atoms with Crippen molar-refractivity contribution in [1.82, 2.24) is 0 Å². The molecular weight excluding hydrogens is 184 g/mol. The second-order valence-electron chi connectivity index (χ2n) is 4.52. The molecule has 0 aromatic heterocycles. The van der Waals surface area contributed by atoms with E-state index in [1.54, 1.807) is 14.0 Å². The Morgan fingerprint density at radius 2 is 1.86 bits per heavy atom. The molecule has 4 heteroatoms. The van der Waals surface area contributed by atoms with Gasteiger partial charge in [-0.1, -0.05) is 6.92 Å². The van der Waals surface area contributed by atoms with E-state index in [0.29, 0.717) is 6.42 Å². The van der Waals surface area contributed by atoms with Crippen molar-refractivity contribution >= 4 is 5.97 Å². The van der Waals surface area contributed by atoms with Gasteiger partial charge in [-0.05, 0) is 33.1 Å². The van der Waals surface area contributed by atoms with Gasteiger partial charge in [0.15, 0.2) is 5.60 Å². The highest BCUT2D eigenvalue weighted by Crippen LogP contribution is 2.27. The van der Waals surface area contributed by atoms with E-state index in [-0.39, 0.29) is 5.92 Å². The van der Waals surface area contributed by atoms with Crippen molar-refractivity contribution < 1.29 is 19.7 Å². The minimum absolute atomic E-state index is 0.366. The van der Waals surface area contributed by atoms with Crippen LogP contribution < -0.4 is 0 Å². The molecule has 2 N–H and O–H groups in total. The molecule has 14 heavy (non-hydrogen) atoms. The number of carbonyl (C=O) groups is 1. The zero-order valence-electron chi connectivity index (χ0n) is 9.50. The summed E-state index contributed by atoms with van der Waals surface area (Å²) in [5, 5.41) is 18.5. The fraction of sp³-hybridized carbons (Fsp3) is 0.900. The molecule has 0 heterocycles. The molecule has 84 valence electrons. The molecule has 0 aliphatic carbocycles. The number of rotatable bonds is 5. The number of ether oxygens (including phenoxy) is 1. The Bertz CT molecular complexity index is 208. The quantitative estimate of drug-likeness (QED) is 0.707. The van der Waals surface area contributed by atoms with E-state index < -0.39 is 17.2 Å². The van der Waals surface area contributed by atoms with E-state index in [0.717, 1.165) is 0 Å². The molecule has 0 amide bonds. The third-order valence-corrected chi connectivity index (χ3v) is 2.74. The second kappa shape index (κ2) is 4.28. The van der Waals surface area contributed by atoms with Gasteiger partial charge in [-0.2, -0.15) is 0 Å². The van der Waals surface area contributed by atoms with Gasteiger partial charge in [0.1, 0.15) is 0 Å². The van der Waals surface area contributed by atoms with Gasteiger partial charge in [-0.25, -0.2) is 4.79 Å². The predicted molar refractivity (Wildman–Crippen MR) is 53.1 cm³/mol. The Labute approximate surface area is 84.9 Å². The summed E-state index contributed by atoms with van der Waals surface area (Å²) < 4.78 is 5.18. The molecule has 2 atom stereocenters. The SMILES string of the molecule is COC(C)(C)CC(C)C(C)(O)C(=O)O. The van der Waals surface area contributed by atoms with E-state index in [4.69, 9.17) is 9.84 Å². The van der Waals surface area contributed by atoms with Crippen LogP contribution in [0.3, 0.4) is 0 Å². The summed E-state index contributed by atoms with van der Waals surface area (Å²) in [5.74, 6) is -1.56. The molecule has 0 saturated carbocycles. The maximum Gasteiger partial charge on any atom is 0.335 e. The lowest BCUT2D eigenvalue weighted by atomic mass is 9.82. The van der Waals surface area contributed by atoms with Crippen molar-refractivity contribution in [3.05, 3.63) is 0 Å². The van der Waals surface area contributed by atoms with Crippen molar-refractivity contribution in [2.75, 3.05) is 7.11 Å². The summed E-state index contributed by atoms with van der Waals surface area (Å²) >= 11 is 0. The Kier molecular flexibility index (Phi) is 4.09. The standard InChI is InChI=1S/C10H20O4/c1-7(6-9(2,3)14-5)10(4,13)8(11)12/h7,13H,6H2,1-5H3,(H,11,12). The summed E-state index contributed by atoms with van der Waals surface area (Å²) in [6, 6.07) is 0. The topological polar surface area (TPSA) is 66.8 Å². The summed E-state index contributed by atoms with van der Waals surface area (Å²) in [6.07, 6.45) is 0.489. The minimum Gasteiger partial charge on any atom is -0.479 e. The lowest BCUT2D eigenvalue weighted by molar-refractivity contribution is -0.164. The second-order valence-corrected chi connectivity index (χ2v) is 4.52. The van der Waals surface area contributed by atoms with Crippen LogP contribution in [0.2, 0.25) is 0 Å². The zero-order valence-corrected chi connectivity index (χ0v) is 9.50. The molecule has 0 fully saturated rings. The lowest BCUT2D eigenvalue weighted by Gasteiger charge is -2.32. The normalized spacial score (nSPS) is 18.7. The lowest BCUT2D eigenvalue weighted by Crippen LogP contribution is -2.44. The predicted octanol–water partition coefficient (Wildman–Crippen LogP) is 1.27. The van der Waals surface area contributed by atoms with Crippen LogP contribution in [0.15, 0.2) is 0 Å². The smallest absolute Gasteiger partial charge is 0.335 e. The molecule has 0 saturated heterocycles. The number of hydrogen-bond donors (Lipinski definition) is 2. The van der Waals surface area contributed by atoms with Gasteiger partial charge in [0.25, 0.3) is 0 Å². The molecule has 4 nitrogen and oxygen atoms in total. The average molecular weight is 204 g/mol. The fourth-order valence-electron chi connectivity index (χ4n) is 1.23. The first-order valence-electron chi connectivity index (χ1n) is 4.64. The van der Waals surface area contributed by atoms with Gasteiger partial charge in [0.05, 0.1) is 5.60 Å². The van der Waals surface area contributed by atoms with Crippen LogP contribution in [0.1, 0.15) is 34.1 Å². The highest BCUT2D eigenvalue weighted by molar-refractivity contribution is 5.76. The van der Waals surface area contributed by atoms with E-state index in [9.17, 15) is 9.90 Å². The molecule has 0 rings (SSSR count). The molecule has 0 aromatic carbocycles. The van der Waals surface area contributed by atoms with Crippen LogP contribution in [-0.2, 0) is 9.53 Å². The number of aliphatic carboxylic acids is 1. The van der Waals surface area contributed by atoms with Crippen LogP contribution in [0.4, 0.5) is 0 Å². The van der Waals surface area contributed by atoms with Crippen molar-refractivity contribution in [2.45, 2.75) is 45.3 Å². The van der Waals surface area contributed by atoms with E-state index in [1.807, 2.05) is 13.8 Å². The van der Waals surface area contributed by atoms with Gasteiger partial charge in [0, 0.05) is 7.11 Å². The molecule has 0 bridgehead atoms. The Hall–Kier alpha value is -0.610. The molecule has 0 radical (unpaired) electrons. The number of carboxylic acid groups (broad SMARTS) is 1. The number of aliphatic hydroxyl groups is 1. The van der Waals surface area contributed by atoms with Gasteiger partial charge in [-0.3, -0.25) is 0 Å². The van der Waals surface area contributed by atoms with Crippen LogP contribution in [0.5, 0.6) is 0 Å². The minimum atomic E-state index is -1.70. The highest BCUT2D eigenvalue weighted by atomic mass is 16.5. The third kappa shape index (κ3) is 3.27. The molecular formula is C10H20O4. The summed E-state index contributed by atoms with van der Waals surface area (Å²) in [5.41, 5.74) is -2.12. The number of carboxylic acids is 1. The van der Waals surface area contributed by atoms with E-state index in [2.05, 4.69) is 0 Å². The molecule has 2 unspecified atom stereocenters. The molecule has 0 aliphatic rings. The van der Waals surface area contributed by atoms with Crippen molar-refractivity contribution in [3.63, 3.8) is 0 Å². The summed E-state index contributed by atoms with van der Waals surface area (Å²) in [4.78, 5) is 10.7. The first-order valence-corrected chi connectivity index (χ1v) is 4.64. The summed E-state index contributed by atoms with van der Waals surface area (Å²) in [7, 11) is 1.57. The maximum absolute atomic E-state index is 10.7.